The Kier molecular flexibility index (Phi) is 3.07. The normalized spacial score (nSPS) is 12.1. The van der Waals surface area contributed by atoms with E-state index in [1.54, 1.807) is 0 Å². The van der Waals surface area contributed by atoms with Gasteiger partial charge in [-0.05, 0) is 30.5 Å². The van der Waals surface area contributed by atoms with E-state index in [1.165, 1.54) is 11.6 Å². The highest BCUT2D eigenvalue weighted by Crippen LogP contribution is 2.20. The van der Waals surface area contributed by atoms with E-state index in [4.69, 9.17) is 5.11 Å². The second-order valence-corrected chi connectivity index (χ2v) is 3.40. The fourth-order valence-corrected chi connectivity index (χ4v) is 1.34. The molecule has 1 N–H and O–H groups in total. The Morgan fingerprint density at radius 1 is 1.43 bits per heavy atom. The van der Waals surface area contributed by atoms with Gasteiger partial charge in [-0.15, -0.1) is 6.58 Å². The highest BCUT2D eigenvalue weighted by atomic mass is 16.4. The van der Waals surface area contributed by atoms with E-state index in [-0.39, 0.29) is 0 Å². The van der Waals surface area contributed by atoms with E-state index >= 15 is 0 Å². The van der Waals surface area contributed by atoms with Gasteiger partial charge < -0.3 is 5.11 Å². The summed E-state index contributed by atoms with van der Waals surface area (Å²) >= 11 is 0. The van der Waals surface area contributed by atoms with E-state index in [9.17, 15) is 4.79 Å². The molecule has 0 fully saturated rings. The van der Waals surface area contributed by atoms with Crippen LogP contribution in [-0.2, 0) is 4.79 Å². The molecule has 2 heteroatoms. The second-order valence-electron chi connectivity index (χ2n) is 3.40. The Morgan fingerprint density at radius 3 is 2.50 bits per heavy atom. The van der Waals surface area contributed by atoms with Crippen molar-refractivity contribution in [2.24, 2.45) is 0 Å². The van der Waals surface area contributed by atoms with Gasteiger partial charge in [-0.2, -0.15) is 0 Å². The zero-order chi connectivity index (χ0) is 10.7. The van der Waals surface area contributed by atoms with Crippen LogP contribution >= 0.6 is 0 Å². The summed E-state index contributed by atoms with van der Waals surface area (Å²) in [5.41, 5.74) is 3.06. The van der Waals surface area contributed by atoms with E-state index in [2.05, 4.69) is 6.58 Å². The van der Waals surface area contributed by atoms with Gasteiger partial charge in [0.2, 0.25) is 0 Å². The Labute approximate surface area is 83.9 Å². The zero-order valence-electron chi connectivity index (χ0n) is 8.45. The Balaban J connectivity index is 3.12. The summed E-state index contributed by atoms with van der Waals surface area (Å²) in [6.45, 7) is 7.51. The van der Waals surface area contributed by atoms with Crippen molar-refractivity contribution in [2.45, 2.75) is 19.8 Å². The number of hydrogen-bond donors (Lipinski definition) is 1. The van der Waals surface area contributed by atoms with E-state index in [1.807, 2.05) is 32.0 Å². The highest BCUT2D eigenvalue weighted by Gasteiger charge is 2.15. The molecule has 0 aromatic heterocycles. The molecule has 0 amide bonds. The maximum absolute atomic E-state index is 10.9. The fraction of sp³-hybridized carbons (Fsp3) is 0.250. The maximum Gasteiger partial charge on any atom is 0.314 e. The first-order valence-corrected chi connectivity index (χ1v) is 4.48. The van der Waals surface area contributed by atoms with Crippen LogP contribution in [0.2, 0.25) is 0 Å². The monoisotopic (exact) mass is 190 g/mol. The zero-order valence-corrected chi connectivity index (χ0v) is 8.45. The molecule has 0 aliphatic heterocycles. The maximum atomic E-state index is 10.9. The molecule has 1 rings (SSSR count). The molecule has 0 saturated heterocycles. The molecule has 0 aliphatic carbocycles. The molecule has 14 heavy (non-hydrogen) atoms. The molecule has 2 nitrogen and oxygen atoms in total. The summed E-state index contributed by atoms with van der Waals surface area (Å²) in [6.07, 6.45) is 1.45. The number of carboxylic acid groups (broad SMARTS) is 1. The van der Waals surface area contributed by atoms with Gasteiger partial charge in [0.25, 0.3) is 0 Å². The topological polar surface area (TPSA) is 37.3 Å². The summed E-state index contributed by atoms with van der Waals surface area (Å²) in [6, 6.07) is 5.67. The largest absolute Gasteiger partial charge is 0.481 e. The molecule has 74 valence electrons. The molecule has 0 aliphatic rings. The lowest BCUT2D eigenvalue weighted by molar-refractivity contribution is -0.137. The van der Waals surface area contributed by atoms with Gasteiger partial charge in [0.15, 0.2) is 0 Å². The fourth-order valence-electron chi connectivity index (χ4n) is 1.34. The number of carbonyl (C=O) groups is 1. The third kappa shape index (κ3) is 2.02. The first kappa shape index (κ1) is 10.5. The minimum Gasteiger partial charge on any atom is -0.481 e. The molecule has 1 aromatic carbocycles. The number of hydrogen-bond acceptors (Lipinski definition) is 1. The van der Waals surface area contributed by atoms with Crippen LogP contribution in [0.1, 0.15) is 22.6 Å². The molecular weight excluding hydrogens is 176 g/mol. The molecule has 1 unspecified atom stereocenters. The lowest BCUT2D eigenvalue weighted by Crippen LogP contribution is -2.08. The SMILES string of the molecule is C=CC(C(=O)O)c1ccc(C)c(C)c1. The predicted octanol–water partition coefficient (Wildman–Crippen LogP) is 2.66. The van der Waals surface area contributed by atoms with Crippen LogP contribution in [0.15, 0.2) is 30.9 Å². The minimum absolute atomic E-state index is 0.603. The second kappa shape index (κ2) is 4.09. The lowest BCUT2D eigenvalue weighted by Gasteiger charge is -2.09. The molecule has 1 aromatic rings. The van der Waals surface area contributed by atoms with Crippen molar-refractivity contribution in [1.29, 1.82) is 0 Å². The molecule has 0 bridgehead atoms. The third-order valence-corrected chi connectivity index (χ3v) is 2.39. The van der Waals surface area contributed by atoms with Crippen LogP contribution < -0.4 is 0 Å². The van der Waals surface area contributed by atoms with Gasteiger partial charge in [0.05, 0.1) is 5.92 Å². The highest BCUT2D eigenvalue weighted by molar-refractivity contribution is 5.78. The summed E-state index contributed by atoms with van der Waals surface area (Å²) in [5.74, 6) is -1.46. The van der Waals surface area contributed by atoms with Crippen LogP contribution in [0.3, 0.4) is 0 Å². The Morgan fingerprint density at radius 2 is 2.07 bits per heavy atom. The van der Waals surface area contributed by atoms with Gasteiger partial charge in [0, 0.05) is 0 Å². The van der Waals surface area contributed by atoms with Crippen LogP contribution in [0.5, 0.6) is 0 Å². The van der Waals surface area contributed by atoms with E-state index < -0.39 is 11.9 Å². The molecule has 0 saturated carbocycles. The quantitative estimate of drug-likeness (QED) is 0.744. The summed E-state index contributed by atoms with van der Waals surface area (Å²) < 4.78 is 0. The molecule has 0 heterocycles. The van der Waals surface area contributed by atoms with Crippen molar-refractivity contribution >= 4 is 5.97 Å². The van der Waals surface area contributed by atoms with Crippen molar-refractivity contribution in [3.8, 4) is 0 Å². The van der Waals surface area contributed by atoms with E-state index in [0.29, 0.717) is 0 Å². The molecule has 1 atom stereocenters. The predicted molar refractivity (Wildman–Crippen MR) is 56.5 cm³/mol. The summed E-state index contributed by atoms with van der Waals surface area (Å²) in [7, 11) is 0. The minimum atomic E-state index is -0.858. The van der Waals surface area contributed by atoms with Crippen molar-refractivity contribution < 1.29 is 9.90 Å². The molecule has 0 spiro atoms. The smallest absolute Gasteiger partial charge is 0.314 e. The number of carboxylic acids is 1. The summed E-state index contributed by atoms with van der Waals surface area (Å²) in [4.78, 5) is 10.9. The van der Waals surface area contributed by atoms with Crippen molar-refractivity contribution in [1.82, 2.24) is 0 Å². The van der Waals surface area contributed by atoms with Crippen molar-refractivity contribution in [2.75, 3.05) is 0 Å². The van der Waals surface area contributed by atoms with Crippen LogP contribution in [0.25, 0.3) is 0 Å². The molecule has 0 radical (unpaired) electrons. The third-order valence-electron chi connectivity index (χ3n) is 2.39. The Hall–Kier alpha value is -1.57. The van der Waals surface area contributed by atoms with Gasteiger partial charge in [0.1, 0.15) is 0 Å². The first-order valence-electron chi connectivity index (χ1n) is 4.48. The van der Waals surface area contributed by atoms with Crippen molar-refractivity contribution in [3.63, 3.8) is 0 Å². The van der Waals surface area contributed by atoms with Crippen LogP contribution in [0.4, 0.5) is 0 Å². The number of aliphatic carboxylic acids is 1. The van der Waals surface area contributed by atoms with Gasteiger partial charge in [-0.1, -0.05) is 24.3 Å². The number of rotatable bonds is 3. The van der Waals surface area contributed by atoms with Gasteiger partial charge in [-0.25, -0.2) is 0 Å². The van der Waals surface area contributed by atoms with Gasteiger partial charge in [-0.3, -0.25) is 4.79 Å². The Bertz CT molecular complexity index is 367. The summed E-state index contributed by atoms with van der Waals surface area (Å²) in [5, 5.41) is 8.92. The number of aryl methyl sites for hydroxylation is 2. The first-order chi connectivity index (χ1) is 6.56. The van der Waals surface area contributed by atoms with Crippen LogP contribution in [-0.4, -0.2) is 11.1 Å². The molecular formula is C12H14O2. The average molecular weight is 190 g/mol. The van der Waals surface area contributed by atoms with Gasteiger partial charge >= 0.3 is 5.97 Å². The van der Waals surface area contributed by atoms with Crippen molar-refractivity contribution in [3.05, 3.63) is 47.5 Å². The number of benzene rings is 1. The van der Waals surface area contributed by atoms with Crippen LogP contribution in [0, 0.1) is 13.8 Å². The standard InChI is InChI=1S/C12H14O2/c1-4-11(12(13)14)10-6-5-8(2)9(3)7-10/h4-7,11H,1H2,2-3H3,(H,13,14). The van der Waals surface area contributed by atoms with E-state index in [0.717, 1.165) is 11.1 Å². The average Bonchev–Trinajstić information content (AvgIpc) is 2.11. The lowest BCUT2D eigenvalue weighted by atomic mass is 9.96.